The minimum absolute atomic E-state index is 0.0511. The third kappa shape index (κ3) is 4.80. The maximum absolute atomic E-state index is 13.1. The van der Waals surface area contributed by atoms with Gasteiger partial charge in [0.05, 0.1) is 20.1 Å². The van der Waals surface area contributed by atoms with Crippen LogP contribution in [-0.4, -0.2) is 43.2 Å². The van der Waals surface area contributed by atoms with E-state index in [1.165, 1.54) is 12.1 Å². The van der Waals surface area contributed by atoms with E-state index < -0.39 is 0 Å². The normalized spacial score (nSPS) is 15.8. The van der Waals surface area contributed by atoms with E-state index in [1.54, 1.807) is 56.9 Å². The number of anilines is 2. The average Bonchev–Trinajstić information content (AvgIpc) is 2.84. The molecular weight excluding hydrogens is 411 g/mol. The van der Waals surface area contributed by atoms with Crippen molar-refractivity contribution < 1.29 is 18.7 Å². The molecule has 1 amide bonds. The van der Waals surface area contributed by atoms with Crippen molar-refractivity contribution in [2.24, 2.45) is 5.92 Å². The molecule has 1 aliphatic rings. The number of halogens is 1. The molecule has 3 aromatic rings. The number of ether oxygens (including phenoxy) is 2. The molecule has 1 unspecified atom stereocenters. The molecule has 4 rings (SSSR count). The molecule has 2 heterocycles. The second-order valence-corrected chi connectivity index (χ2v) is 7.62. The Morgan fingerprint density at radius 3 is 2.44 bits per heavy atom. The smallest absolute Gasteiger partial charge is 0.229 e. The molecule has 0 radical (unpaired) electrons. The predicted octanol–water partition coefficient (Wildman–Crippen LogP) is 4.16. The van der Waals surface area contributed by atoms with Gasteiger partial charge in [-0.05, 0) is 42.7 Å². The number of rotatable bonds is 6. The molecule has 0 aliphatic carbocycles. The lowest BCUT2D eigenvalue weighted by molar-refractivity contribution is -0.120. The van der Waals surface area contributed by atoms with Gasteiger partial charge in [-0.1, -0.05) is 12.1 Å². The fraction of sp³-hybridized carbons (Fsp3) is 0.292. The van der Waals surface area contributed by atoms with E-state index in [1.807, 2.05) is 4.90 Å². The summed E-state index contributed by atoms with van der Waals surface area (Å²) in [5, 5.41) is 2.97. The lowest BCUT2D eigenvalue weighted by Crippen LogP contribution is -2.41. The summed E-state index contributed by atoms with van der Waals surface area (Å²) in [5.41, 5.74) is 2.32. The fourth-order valence-corrected chi connectivity index (χ4v) is 3.81. The summed E-state index contributed by atoms with van der Waals surface area (Å²) in [6.45, 7) is 1.32. The van der Waals surface area contributed by atoms with Crippen molar-refractivity contribution in [2.45, 2.75) is 12.8 Å². The Morgan fingerprint density at radius 1 is 1.03 bits per heavy atom. The van der Waals surface area contributed by atoms with Crippen molar-refractivity contribution in [2.75, 3.05) is 37.5 Å². The van der Waals surface area contributed by atoms with Gasteiger partial charge in [0.2, 0.25) is 11.9 Å². The second-order valence-electron chi connectivity index (χ2n) is 7.62. The van der Waals surface area contributed by atoms with Crippen molar-refractivity contribution in [1.29, 1.82) is 0 Å². The van der Waals surface area contributed by atoms with Crippen LogP contribution in [0.25, 0.3) is 11.1 Å². The van der Waals surface area contributed by atoms with Gasteiger partial charge in [-0.2, -0.15) is 0 Å². The van der Waals surface area contributed by atoms with Crippen LogP contribution >= 0.6 is 0 Å². The minimum atomic E-state index is -0.281. The van der Waals surface area contributed by atoms with Crippen molar-refractivity contribution in [1.82, 2.24) is 9.97 Å². The second kappa shape index (κ2) is 9.64. The van der Waals surface area contributed by atoms with Crippen molar-refractivity contribution in [3.63, 3.8) is 0 Å². The van der Waals surface area contributed by atoms with Gasteiger partial charge >= 0.3 is 0 Å². The minimum Gasteiger partial charge on any atom is -0.493 e. The molecule has 8 heteroatoms. The molecule has 1 aliphatic heterocycles. The van der Waals surface area contributed by atoms with E-state index in [2.05, 4.69) is 15.3 Å². The summed E-state index contributed by atoms with van der Waals surface area (Å²) in [7, 11) is 3.13. The van der Waals surface area contributed by atoms with Crippen LogP contribution in [0.4, 0.5) is 16.0 Å². The summed E-state index contributed by atoms with van der Waals surface area (Å²) in [4.78, 5) is 23.9. The van der Waals surface area contributed by atoms with Gasteiger partial charge in [-0.15, -0.1) is 0 Å². The molecule has 2 aromatic carbocycles. The Labute approximate surface area is 186 Å². The molecule has 1 N–H and O–H groups in total. The molecule has 166 valence electrons. The quantitative estimate of drug-likeness (QED) is 0.626. The topological polar surface area (TPSA) is 76.6 Å². The van der Waals surface area contributed by atoms with Crippen LogP contribution in [-0.2, 0) is 4.79 Å². The van der Waals surface area contributed by atoms with Crippen LogP contribution in [0.1, 0.15) is 12.8 Å². The zero-order valence-electron chi connectivity index (χ0n) is 18.0. The van der Waals surface area contributed by atoms with Crippen LogP contribution in [0.5, 0.6) is 11.5 Å². The summed E-state index contributed by atoms with van der Waals surface area (Å²) in [6.07, 6.45) is 5.11. The first kappa shape index (κ1) is 21.5. The van der Waals surface area contributed by atoms with Crippen LogP contribution in [0.3, 0.4) is 0 Å². The number of nitrogens with one attached hydrogen (secondary N) is 1. The van der Waals surface area contributed by atoms with Gasteiger partial charge < -0.3 is 19.7 Å². The van der Waals surface area contributed by atoms with Gasteiger partial charge in [-0.25, -0.2) is 14.4 Å². The molecule has 1 aromatic heterocycles. The third-order valence-electron chi connectivity index (χ3n) is 5.54. The van der Waals surface area contributed by atoms with Crippen molar-refractivity contribution in [3.8, 4) is 22.6 Å². The monoisotopic (exact) mass is 436 g/mol. The lowest BCUT2D eigenvalue weighted by Gasteiger charge is -2.32. The molecule has 0 spiro atoms. The van der Waals surface area contributed by atoms with E-state index in [0.717, 1.165) is 30.5 Å². The first-order valence-corrected chi connectivity index (χ1v) is 10.4. The Bertz CT molecular complexity index is 1070. The number of carbonyl (C=O) groups excluding carboxylic acids is 1. The molecule has 32 heavy (non-hydrogen) atoms. The zero-order valence-corrected chi connectivity index (χ0v) is 18.0. The maximum Gasteiger partial charge on any atom is 0.229 e. The van der Waals surface area contributed by atoms with Crippen LogP contribution in [0.2, 0.25) is 0 Å². The van der Waals surface area contributed by atoms with Crippen LogP contribution in [0, 0.1) is 11.7 Å². The van der Waals surface area contributed by atoms with Gasteiger partial charge in [0, 0.05) is 42.8 Å². The Morgan fingerprint density at radius 2 is 1.75 bits per heavy atom. The molecule has 1 fully saturated rings. The first-order chi connectivity index (χ1) is 15.6. The SMILES string of the molecule is COc1ccc(NC(=O)C2CCCN(c3ncc(-c4ccc(F)cc4)cn3)C2)cc1OC. The van der Waals surface area contributed by atoms with Gasteiger partial charge in [0.1, 0.15) is 5.82 Å². The molecule has 0 saturated carbocycles. The number of benzene rings is 2. The van der Waals surface area contributed by atoms with E-state index in [9.17, 15) is 9.18 Å². The van der Waals surface area contributed by atoms with Gasteiger partial charge in [0.25, 0.3) is 0 Å². The highest BCUT2D eigenvalue weighted by Gasteiger charge is 2.27. The number of carbonyl (C=O) groups is 1. The highest BCUT2D eigenvalue weighted by atomic mass is 19.1. The number of piperidine rings is 1. The van der Waals surface area contributed by atoms with E-state index in [-0.39, 0.29) is 17.6 Å². The largest absolute Gasteiger partial charge is 0.493 e. The number of methoxy groups -OCH3 is 2. The standard InChI is InChI=1S/C24H25FN4O3/c1-31-21-10-9-20(12-22(21)32-2)28-23(30)17-4-3-11-29(15-17)24-26-13-18(14-27-24)16-5-7-19(25)8-6-16/h5-10,12-14,17H,3-4,11,15H2,1-2H3,(H,28,30). The molecule has 1 saturated heterocycles. The third-order valence-corrected chi connectivity index (χ3v) is 5.54. The Kier molecular flexibility index (Phi) is 6.49. The maximum atomic E-state index is 13.1. The summed E-state index contributed by atoms with van der Waals surface area (Å²) >= 11 is 0. The fourth-order valence-electron chi connectivity index (χ4n) is 3.81. The van der Waals surface area contributed by atoms with Crippen molar-refractivity contribution in [3.05, 3.63) is 60.7 Å². The highest BCUT2D eigenvalue weighted by molar-refractivity contribution is 5.93. The van der Waals surface area contributed by atoms with Gasteiger partial charge in [0.15, 0.2) is 11.5 Å². The number of hydrogen-bond donors (Lipinski definition) is 1. The number of amides is 1. The Balaban J connectivity index is 1.41. The predicted molar refractivity (Wildman–Crippen MR) is 121 cm³/mol. The molecular formula is C24H25FN4O3. The summed E-state index contributed by atoms with van der Waals surface area (Å²) < 4.78 is 23.7. The van der Waals surface area contributed by atoms with E-state index in [4.69, 9.17) is 9.47 Å². The zero-order chi connectivity index (χ0) is 22.5. The van der Waals surface area contributed by atoms with Crippen LogP contribution in [0.15, 0.2) is 54.9 Å². The molecule has 7 nitrogen and oxygen atoms in total. The van der Waals surface area contributed by atoms with Crippen LogP contribution < -0.4 is 19.7 Å². The van der Waals surface area contributed by atoms with E-state index >= 15 is 0 Å². The molecule has 0 bridgehead atoms. The highest BCUT2D eigenvalue weighted by Crippen LogP contribution is 2.30. The number of nitrogens with zero attached hydrogens (tertiary/aromatic N) is 3. The number of aromatic nitrogens is 2. The summed E-state index contributed by atoms with van der Waals surface area (Å²) in [5.74, 6) is 1.24. The first-order valence-electron chi connectivity index (χ1n) is 10.4. The lowest BCUT2D eigenvalue weighted by atomic mass is 9.97. The van der Waals surface area contributed by atoms with Crippen molar-refractivity contribution >= 4 is 17.5 Å². The Hall–Kier alpha value is -3.68. The molecule has 1 atom stereocenters. The van der Waals surface area contributed by atoms with Gasteiger partial charge in [-0.3, -0.25) is 4.79 Å². The average molecular weight is 436 g/mol. The summed E-state index contributed by atoms with van der Waals surface area (Å²) in [6, 6.07) is 11.5. The van der Waals surface area contributed by atoms with E-state index in [0.29, 0.717) is 29.7 Å². The number of hydrogen-bond acceptors (Lipinski definition) is 6.